The van der Waals surface area contributed by atoms with E-state index in [1.807, 2.05) is 36.4 Å². The molecule has 152 valence electrons. The number of carbonyl (C=O) groups is 1. The Morgan fingerprint density at radius 2 is 2.00 bits per heavy atom. The van der Waals surface area contributed by atoms with E-state index in [-0.39, 0.29) is 6.04 Å². The molecule has 1 aromatic carbocycles. The summed E-state index contributed by atoms with van der Waals surface area (Å²) in [5.41, 5.74) is 4.00. The minimum atomic E-state index is 0.161. The monoisotopic (exact) mass is 411 g/mol. The summed E-state index contributed by atoms with van der Waals surface area (Å²) in [5, 5.41) is 8.82. The van der Waals surface area contributed by atoms with Gasteiger partial charge in [0.1, 0.15) is 35.3 Å². The normalized spacial score (nSPS) is 13.0. The molecule has 3 aromatic heterocycles. The SMILES string of the molecule is N#Cc1ccc(COc2ccc(-c3nc(N(C=O)C4CC4)nc4nc[nH]c34)cc2)cn1. The van der Waals surface area contributed by atoms with Gasteiger partial charge in [-0.1, -0.05) is 6.07 Å². The van der Waals surface area contributed by atoms with E-state index in [0.29, 0.717) is 40.9 Å². The number of aromatic nitrogens is 5. The maximum absolute atomic E-state index is 11.6. The van der Waals surface area contributed by atoms with Gasteiger partial charge in [0.15, 0.2) is 5.65 Å². The van der Waals surface area contributed by atoms with Gasteiger partial charge in [-0.3, -0.25) is 9.69 Å². The number of amides is 1. The van der Waals surface area contributed by atoms with Crippen LogP contribution in [0, 0.1) is 11.3 Å². The van der Waals surface area contributed by atoms with Gasteiger partial charge >= 0.3 is 0 Å². The van der Waals surface area contributed by atoms with Gasteiger partial charge < -0.3 is 9.72 Å². The number of imidazole rings is 1. The van der Waals surface area contributed by atoms with Crippen LogP contribution < -0.4 is 9.64 Å². The predicted octanol–water partition coefficient (Wildman–Crippen LogP) is 2.99. The predicted molar refractivity (Wildman–Crippen MR) is 112 cm³/mol. The van der Waals surface area contributed by atoms with Gasteiger partial charge in [0.05, 0.1) is 6.33 Å². The first-order valence-corrected chi connectivity index (χ1v) is 9.78. The maximum atomic E-state index is 11.6. The van der Waals surface area contributed by atoms with Crippen LogP contribution in [0.1, 0.15) is 24.1 Å². The molecule has 4 aromatic rings. The fourth-order valence-electron chi connectivity index (χ4n) is 3.25. The van der Waals surface area contributed by atoms with E-state index in [9.17, 15) is 4.79 Å². The molecule has 0 aliphatic heterocycles. The molecule has 9 nitrogen and oxygen atoms in total. The van der Waals surface area contributed by atoms with Crippen LogP contribution in [0.5, 0.6) is 5.75 Å². The largest absolute Gasteiger partial charge is 0.489 e. The third-order valence-corrected chi connectivity index (χ3v) is 5.03. The Morgan fingerprint density at radius 3 is 2.68 bits per heavy atom. The van der Waals surface area contributed by atoms with Gasteiger partial charge in [-0.05, 0) is 43.2 Å². The standard InChI is InChI=1S/C22H17N7O2/c23-9-16-4-1-14(10-24-16)11-31-18-7-2-15(3-8-18)19-20-21(26-12-25-20)28-22(27-19)29(13-30)17-5-6-17/h1-4,7-8,10,12-13,17H,5-6,11H2,(H,25,26,27,28). The van der Waals surface area contributed by atoms with Crippen molar-refractivity contribution in [1.82, 2.24) is 24.9 Å². The quantitative estimate of drug-likeness (QED) is 0.464. The average molecular weight is 411 g/mol. The zero-order valence-corrected chi connectivity index (χ0v) is 16.4. The molecule has 1 N–H and O–H groups in total. The van der Waals surface area contributed by atoms with Gasteiger partial charge in [-0.2, -0.15) is 10.2 Å². The van der Waals surface area contributed by atoms with Crippen LogP contribution in [0.3, 0.4) is 0 Å². The molecule has 0 bridgehead atoms. The number of nitriles is 1. The van der Waals surface area contributed by atoms with E-state index in [0.717, 1.165) is 30.4 Å². The highest BCUT2D eigenvalue weighted by atomic mass is 16.5. The lowest BCUT2D eigenvalue weighted by Gasteiger charge is -2.15. The lowest BCUT2D eigenvalue weighted by atomic mass is 10.1. The third-order valence-electron chi connectivity index (χ3n) is 5.03. The summed E-state index contributed by atoms with van der Waals surface area (Å²) < 4.78 is 5.82. The molecule has 0 spiro atoms. The average Bonchev–Trinajstić information content (AvgIpc) is 3.54. The zero-order chi connectivity index (χ0) is 21.2. The lowest BCUT2D eigenvalue weighted by Crippen LogP contribution is -2.25. The number of hydrogen-bond donors (Lipinski definition) is 1. The molecule has 3 heterocycles. The minimum absolute atomic E-state index is 0.161. The summed E-state index contributed by atoms with van der Waals surface area (Å²) in [7, 11) is 0. The van der Waals surface area contributed by atoms with Gasteiger partial charge in [-0.15, -0.1) is 0 Å². The Morgan fingerprint density at radius 1 is 1.16 bits per heavy atom. The van der Waals surface area contributed by atoms with E-state index in [1.165, 1.54) is 0 Å². The Hall–Kier alpha value is -4.32. The van der Waals surface area contributed by atoms with Gasteiger partial charge in [0, 0.05) is 23.4 Å². The van der Waals surface area contributed by atoms with E-state index in [2.05, 4.69) is 24.9 Å². The van der Waals surface area contributed by atoms with E-state index in [1.54, 1.807) is 23.5 Å². The summed E-state index contributed by atoms with van der Waals surface area (Å²) in [6, 6.07) is 13.2. The van der Waals surface area contributed by atoms with Crippen LogP contribution in [0.2, 0.25) is 0 Å². The van der Waals surface area contributed by atoms with Crippen molar-refractivity contribution in [3.8, 4) is 23.1 Å². The van der Waals surface area contributed by atoms with E-state index >= 15 is 0 Å². The van der Waals surface area contributed by atoms with Crippen molar-refractivity contribution in [2.24, 2.45) is 0 Å². The molecule has 1 fully saturated rings. The number of anilines is 1. The first-order chi connectivity index (χ1) is 15.2. The second-order valence-electron chi connectivity index (χ2n) is 7.19. The van der Waals surface area contributed by atoms with E-state index < -0.39 is 0 Å². The third kappa shape index (κ3) is 3.79. The van der Waals surface area contributed by atoms with Gasteiger partial charge in [0.2, 0.25) is 12.4 Å². The van der Waals surface area contributed by atoms with Crippen LogP contribution in [-0.4, -0.2) is 37.4 Å². The Labute approximate surface area is 177 Å². The first kappa shape index (κ1) is 18.7. The maximum Gasteiger partial charge on any atom is 0.234 e. The van der Waals surface area contributed by atoms with Crippen molar-refractivity contribution in [1.29, 1.82) is 5.26 Å². The Bertz CT molecular complexity index is 1270. The van der Waals surface area contributed by atoms with E-state index in [4.69, 9.17) is 10.00 Å². The summed E-state index contributed by atoms with van der Waals surface area (Å²) >= 11 is 0. The Balaban J connectivity index is 1.39. The number of aromatic amines is 1. The molecule has 1 saturated carbocycles. The number of nitrogens with one attached hydrogen (secondary N) is 1. The van der Waals surface area contributed by atoms with Crippen LogP contribution in [0.25, 0.3) is 22.4 Å². The second kappa shape index (κ2) is 7.84. The molecule has 31 heavy (non-hydrogen) atoms. The number of rotatable bonds is 7. The highest BCUT2D eigenvalue weighted by molar-refractivity contribution is 5.89. The number of fused-ring (bicyclic) bond motifs is 1. The zero-order valence-electron chi connectivity index (χ0n) is 16.4. The van der Waals surface area contributed by atoms with Crippen molar-refractivity contribution in [3.63, 3.8) is 0 Å². The van der Waals surface area contributed by atoms with Crippen molar-refractivity contribution < 1.29 is 9.53 Å². The Kier molecular flexibility index (Phi) is 4.72. The minimum Gasteiger partial charge on any atom is -0.489 e. The van der Waals surface area contributed by atoms with Gasteiger partial charge in [0.25, 0.3) is 0 Å². The van der Waals surface area contributed by atoms with Crippen LogP contribution in [0.15, 0.2) is 48.9 Å². The highest BCUT2D eigenvalue weighted by Crippen LogP contribution is 2.32. The highest BCUT2D eigenvalue weighted by Gasteiger charge is 2.31. The molecule has 0 saturated heterocycles. The molecular weight excluding hydrogens is 394 g/mol. The van der Waals surface area contributed by atoms with Crippen LogP contribution in [0.4, 0.5) is 5.95 Å². The summed E-state index contributed by atoms with van der Waals surface area (Å²) in [6.07, 6.45) is 5.89. The number of H-pyrrole nitrogens is 1. The fraction of sp³-hybridized carbons (Fsp3) is 0.182. The first-order valence-electron chi connectivity index (χ1n) is 9.78. The molecule has 1 aliphatic carbocycles. The van der Waals surface area contributed by atoms with Gasteiger partial charge in [-0.25, -0.2) is 15.0 Å². The molecule has 1 aliphatic rings. The summed E-state index contributed by atoms with van der Waals surface area (Å²) in [4.78, 5) is 33.6. The van der Waals surface area contributed by atoms with Crippen molar-refractivity contribution in [3.05, 3.63) is 60.2 Å². The number of pyridine rings is 1. The number of carbonyl (C=O) groups excluding carboxylic acids is 1. The number of hydrogen-bond acceptors (Lipinski definition) is 7. The lowest BCUT2D eigenvalue weighted by molar-refractivity contribution is -0.107. The molecule has 0 atom stereocenters. The van der Waals surface area contributed by atoms with Crippen molar-refractivity contribution in [2.75, 3.05) is 4.90 Å². The number of nitrogens with zero attached hydrogens (tertiary/aromatic N) is 6. The molecule has 5 rings (SSSR count). The summed E-state index contributed by atoms with van der Waals surface area (Å²) in [6.45, 7) is 0.343. The smallest absolute Gasteiger partial charge is 0.234 e. The molecule has 0 radical (unpaired) electrons. The fourth-order valence-corrected chi connectivity index (χ4v) is 3.25. The molecular formula is C22H17N7O2. The molecule has 0 unspecified atom stereocenters. The number of ether oxygens (including phenoxy) is 1. The molecule has 9 heteroatoms. The van der Waals surface area contributed by atoms with Crippen LogP contribution >= 0.6 is 0 Å². The van der Waals surface area contributed by atoms with Crippen LogP contribution in [-0.2, 0) is 11.4 Å². The second-order valence-corrected chi connectivity index (χ2v) is 7.19. The van der Waals surface area contributed by atoms with Crippen molar-refractivity contribution in [2.45, 2.75) is 25.5 Å². The summed E-state index contributed by atoms with van der Waals surface area (Å²) in [5.74, 6) is 1.05. The molecule has 1 amide bonds. The van der Waals surface area contributed by atoms with Crippen molar-refractivity contribution >= 4 is 23.5 Å². The number of benzene rings is 1. The topological polar surface area (TPSA) is 121 Å².